The topological polar surface area (TPSA) is 68.2 Å². The number of hydrogen-bond acceptors (Lipinski definition) is 4. The van der Waals surface area contributed by atoms with E-state index in [1.54, 1.807) is 10.9 Å². The lowest BCUT2D eigenvalue weighted by atomic mass is 9.87. The Hall–Kier alpha value is -2.57. The number of carbonyl (C=O) groups is 1. The van der Waals surface area contributed by atoms with Crippen molar-refractivity contribution in [3.63, 3.8) is 0 Å². The van der Waals surface area contributed by atoms with Crippen LogP contribution >= 0.6 is 12.4 Å². The highest BCUT2D eigenvalue weighted by atomic mass is 35.5. The molecule has 6 nitrogen and oxygen atoms in total. The average Bonchev–Trinajstić information content (AvgIpc) is 3.27. The summed E-state index contributed by atoms with van der Waals surface area (Å²) in [6.07, 6.45) is 5.05. The first-order valence-electron chi connectivity index (χ1n) is 9.39. The highest BCUT2D eigenvalue weighted by Crippen LogP contribution is 2.27. The molecule has 0 radical (unpaired) electrons. The molecular formula is C21H25ClN4O2. The van der Waals surface area contributed by atoms with E-state index < -0.39 is 5.54 Å². The van der Waals surface area contributed by atoms with E-state index in [1.807, 2.05) is 42.6 Å². The van der Waals surface area contributed by atoms with E-state index in [2.05, 4.69) is 27.9 Å². The summed E-state index contributed by atoms with van der Waals surface area (Å²) in [5.74, 6) is 0.847. The second kappa shape index (κ2) is 9.08. The number of amides is 1. The Balaban J connectivity index is 0.00000225. The third-order valence-corrected chi connectivity index (χ3v) is 5.19. The number of ether oxygens (including phenoxy) is 1. The highest BCUT2D eigenvalue weighted by Gasteiger charge is 2.41. The molecule has 0 unspecified atom stereocenters. The number of carbonyl (C=O) groups excluding carboxylic acids is 1. The van der Waals surface area contributed by atoms with Crippen LogP contribution in [0.4, 0.5) is 0 Å². The van der Waals surface area contributed by atoms with Crippen molar-refractivity contribution >= 4 is 29.1 Å². The van der Waals surface area contributed by atoms with Gasteiger partial charge in [0.25, 0.3) is 0 Å². The van der Waals surface area contributed by atoms with Crippen LogP contribution in [0.2, 0.25) is 0 Å². The van der Waals surface area contributed by atoms with E-state index in [4.69, 9.17) is 4.74 Å². The molecule has 0 spiro atoms. The first-order valence-corrected chi connectivity index (χ1v) is 9.39. The third-order valence-electron chi connectivity index (χ3n) is 5.19. The van der Waals surface area contributed by atoms with Gasteiger partial charge in [-0.15, -0.1) is 12.4 Å². The number of piperidine rings is 1. The number of halogens is 1. The molecule has 2 heterocycles. The largest absolute Gasteiger partial charge is 0.491 e. The molecule has 28 heavy (non-hydrogen) atoms. The Morgan fingerprint density at radius 1 is 1.14 bits per heavy atom. The van der Waals surface area contributed by atoms with Crippen LogP contribution in [-0.4, -0.2) is 41.9 Å². The summed E-state index contributed by atoms with van der Waals surface area (Å²) in [6.45, 7) is 2.49. The van der Waals surface area contributed by atoms with Gasteiger partial charge in [0.15, 0.2) is 0 Å². The molecule has 148 valence electrons. The maximum atomic E-state index is 13.0. The fourth-order valence-corrected chi connectivity index (χ4v) is 3.73. The Morgan fingerprint density at radius 3 is 2.71 bits per heavy atom. The van der Waals surface area contributed by atoms with Crippen molar-refractivity contribution in [3.8, 4) is 5.75 Å². The Kier molecular flexibility index (Phi) is 6.54. The van der Waals surface area contributed by atoms with Gasteiger partial charge >= 0.3 is 0 Å². The van der Waals surface area contributed by atoms with Gasteiger partial charge in [-0.25, -0.2) is 0 Å². The number of nitrogens with one attached hydrogen (secondary N) is 2. The van der Waals surface area contributed by atoms with Crippen molar-refractivity contribution in [2.75, 3.05) is 26.2 Å². The fourth-order valence-electron chi connectivity index (χ4n) is 3.73. The maximum absolute atomic E-state index is 13.0. The molecule has 1 fully saturated rings. The van der Waals surface area contributed by atoms with Crippen molar-refractivity contribution in [2.24, 2.45) is 0 Å². The van der Waals surface area contributed by atoms with E-state index in [1.165, 1.54) is 0 Å². The maximum Gasteiger partial charge on any atom is 0.248 e. The molecule has 7 heteroatoms. The van der Waals surface area contributed by atoms with Gasteiger partial charge < -0.3 is 15.4 Å². The van der Waals surface area contributed by atoms with Gasteiger partial charge in [0.2, 0.25) is 5.91 Å². The van der Waals surface area contributed by atoms with Crippen molar-refractivity contribution < 1.29 is 9.53 Å². The molecule has 1 saturated heterocycles. The van der Waals surface area contributed by atoms with Crippen LogP contribution in [0, 0.1) is 0 Å². The van der Waals surface area contributed by atoms with Crippen molar-refractivity contribution in [3.05, 3.63) is 60.9 Å². The van der Waals surface area contributed by atoms with Crippen LogP contribution in [0.3, 0.4) is 0 Å². The predicted molar refractivity (Wildman–Crippen MR) is 112 cm³/mol. The zero-order valence-electron chi connectivity index (χ0n) is 15.6. The Morgan fingerprint density at radius 2 is 1.93 bits per heavy atom. The van der Waals surface area contributed by atoms with E-state index in [0.29, 0.717) is 13.2 Å². The predicted octanol–water partition coefficient (Wildman–Crippen LogP) is 2.73. The lowest BCUT2D eigenvalue weighted by Gasteiger charge is -2.36. The normalized spacial score (nSPS) is 15.6. The summed E-state index contributed by atoms with van der Waals surface area (Å²) in [6, 6.07) is 16.0. The minimum Gasteiger partial charge on any atom is -0.491 e. The summed E-state index contributed by atoms with van der Waals surface area (Å²) in [7, 11) is 0. The molecule has 2 aromatic carbocycles. The van der Waals surface area contributed by atoms with E-state index in [-0.39, 0.29) is 18.3 Å². The van der Waals surface area contributed by atoms with E-state index in [9.17, 15) is 4.79 Å². The summed E-state index contributed by atoms with van der Waals surface area (Å²) in [4.78, 5) is 13.0. The number of fused-ring (bicyclic) bond motifs is 1. The molecule has 2 N–H and O–H groups in total. The second-order valence-electron chi connectivity index (χ2n) is 6.81. The molecule has 0 atom stereocenters. The van der Waals surface area contributed by atoms with Gasteiger partial charge in [-0.1, -0.05) is 36.4 Å². The number of hydrogen-bond donors (Lipinski definition) is 2. The first kappa shape index (κ1) is 20.2. The van der Waals surface area contributed by atoms with Crippen LogP contribution in [0.5, 0.6) is 5.75 Å². The number of nitrogens with zero attached hydrogens (tertiary/aromatic N) is 2. The SMILES string of the molecule is Cl.O=C(NCCOc1cccc2ccccc12)C1(n2cccn2)CCNCC1. The van der Waals surface area contributed by atoms with Crippen LogP contribution in [-0.2, 0) is 10.3 Å². The molecule has 0 bridgehead atoms. The molecule has 0 aliphatic carbocycles. The molecule has 1 aliphatic heterocycles. The molecule has 4 rings (SSSR count). The highest BCUT2D eigenvalue weighted by molar-refractivity contribution is 5.88. The summed E-state index contributed by atoms with van der Waals surface area (Å²) in [5, 5.41) is 12.9. The van der Waals surface area contributed by atoms with Gasteiger partial charge in [-0.05, 0) is 43.5 Å². The minimum absolute atomic E-state index is 0. The van der Waals surface area contributed by atoms with Gasteiger partial charge in [0, 0.05) is 17.8 Å². The lowest BCUT2D eigenvalue weighted by molar-refractivity contribution is -0.132. The molecular weight excluding hydrogens is 376 g/mol. The van der Waals surface area contributed by atoms with Crippen molar-refractivity contribution in [2.45, 2.75) is 18.4 Å². The van der Waals surface area contributed by atoms with Crippen molar-refractivity contribution in [1.82, 2.24) is 20.4 Å². The first-order chi connectivity index (χ1) is 13.3. The second-order valence-corrected chi connectivity index (χ2v) is 6.81. The molecule has 1 aliphatic rings. The van der Waals surface area contributed by atoms with E-state index in [0.717, 1.165) is 42.5 Å². The van der Waals surface area contributed by atoms with Crippen LogP contribution in [0.1, 0.15) is 12.8 Å². The number of aromatic nitrogens is 2. The molecule has 1 aromatic heterocycles. The number of benzene rings is 2. The zero-order chi connectivity index (χ0) is 18.5. The molecule has 3 aromatic rings. The molecule has 1 amide bonds. The Labute approximate surface area is 170 Å². The summed E-state index contributed by atoms with van der Waals surface area (Å²) in [5.41, 5.74) is -0.617. The minimum atomic E-state index is -0.617. The zero-order valence-corrected chi connectivity index (χ0v) is 16.5. The van der Waals surface area contributed by atoms with E-state index >= 15 is 0 Å². The van der Waals surface area contributed by atoms with Crippen LogP contribution < -0.4 is 15.4 Å². The van der Waals surface area contributed by atoms with Gasteiger partial charge in [0.05, 0.1) is 6.54 Å². The van der Waals surface area contributed by atoms with Gasteiger partial charge in [-0.2, -0.15) is 5.10 Å². The van der Waals surface area contributed by atoms with Crippen molar-refractivity contribution in [1.29, 1.82) is 0 Å². The summed E-state index contributed by atoms with van der Waals surface area (Å²) < 4.78 is 7.73. The van der Waals surface area contributed by atoms with Gasteiger partial charge in [-0.3, -0.25) is 9.48 Å². The standard InChI is InChI=1S/C21H24N4O2.ClH/c26-20(21(9-12-22-13-10-21)25-15-4-11-24-25)23-14-16-27-19-8-3-6-17-5-1-2-7-18(17)19;/h1-8,11,15,22H,9-10,12-14,16H2,(H,23,26);1H. The summed E-state index contributed by atoms with van der Waals surface area (Å²) >= 11 is 0. The lowest BCUT2D eigenvalue weighted by Crippen LogP contribution is -2.55. The average molecular weight is 401 g/mol. The molecule has 0 saturated carbocycles. The van der Waals surface area contributed by atoms with Gasteiger partial charge in [0.1, 0.15) is 17.9 Å². The monoisotopic (exact) mass is 400 g/mol. The Bertz CT molecular complexity index is 902. The van der Waals surface area contributed by atoms with Crippen LogP contribution in [0.25, 0.3) is 10.8 Å². The number of rotatable bonds is 6. The van der Waals surface area contributed by atoms with Crippen LogP contribution in [0.15, 0.2) is 60.9 Å². The smallest absolute Gasteiger partial charge is 0.248 e. The quantitative estimate of drug-likeness (QED) is 0.624. The third kappa shape index (κ3) is 3.98. The fraction of sp³-hybridized carbons (Fsp3) is 0.333.